The molecule has 0 aliphatic heterocycles. The number of aromatic nitrogens is 3. The molecule has 88 valence electrons. The van der Waals surface area contributed by atoms with Crippen LogP contribution in [0.1, 0.15) is 6.92 Å². The van der Waals surface area contributed by atoms with Gasteiger partial charge in [0.1, 0.15) is 12.7 Å². The van der Waals surface area contributed by atoms with Crippen molar-refractivity contribution >= 4 is 5.69 Å². The highest BCUT2D eigenvalue weighted by Crippen LogP contribution is 2.29. The molecule has 17 heavy (non-hydrogen) atoms. The van der Waals surface area contributed by atoms with Crippen molar-refractivity contribution in [1.82, 2.24) is 14.8 Å². The molecule has 0 N–H and O–H groups in total. The van der Waals surface area contributed by atoms with Gasteiger partial charge in [0.15, 0.2) is 5.75 Å². The van der Waals surface area contributed by atoms with Gasteiger partial charge >= 0.3 is 5.69 Å². The Balaban J connectivity index is 2.45. The summed E-state index contributed by atoms with van der Waals surface area (Å²) in [7, 11) is 0. The number of nitrogens with zero attached hydrogens (tertiary/aromatic N) is 4. The first-order valence-electron chi connectivity index (χ1n) is 4.98. The SMILES string of the molecule is CCOc1ccc(-n2cnnc2)cc1[N+](=O)[O-]. The maximum Gasteiger partial charge on any atom is 0.313 e. The lowest BCUT2D eigenvalue weighted by molar-refractivity contribution is -0.385. The number of nitro benzene ring substituents is 1. The third-order valence-electron chi connectivity index (χ3n) is 2.16. The van der Waals surface area contributed by atoms with Crippen LogP contribution < -0.4 is 4.74 Å². The van der Waals surface area contributed by atoms with Gasteiger partial charge in [0.05, 0.1) is 17.2 Å². The minimum atomic E-state index is -0.473. The van der Waals surface area contributed by atoms with Crippen LogP contribution in [-0.4, -0.2) is 26.3 Å². The summed E-state index contributed by atoms with van der Waals surface area (Å²) in [6.07, 6.45) is 2.94. The maximum atomic E-state index is 10.9. The van der Waals surface area contributed by atoms with Crippen LogP contribution in [0.15, 0.2) is 30.9 Å². The van der Waals surface area contributed by atoms with E-state index in [-0.39, 0.29) is 11.4 Å². The standard InChI is InChI=1S/C10H10N4O3/c1-2-17-10-4-3-8(5-9(10)14(15)16)13-6-11-12-7-13/h3-7H,2H2,1H3. The van der Waals surface area contributed by atoms with Crippen molar-refractivity contribution < 1.29 is 9.66 Å². The van der Waals surface area contributed by atoms with Gasteiger partial charge in [-0.3, -0.25) is 14.7 Å². The van der Waals surface area contributed by atoms with Gasteiger partial charge in [-0.1, -0.05) is 0 Å². The summed E-state index contributed by atoms with van der Waals surface area (Å²) in [6, 6.07) is 4.70. The van der Waals surface area contributed by atoms with E-state index in [1.807, 2.05) is 0 Å². The number of benzene rings is 1. The van der Waals surface area contributed by atoms with E-state index in [2.05, 4.69) is 10.2 Å². The van der Waals surface area contributed by atoms with Crippen LogP contribution in [-0.2, 0) is 0 Å². The molecule has 0 bridgehead atoms. The van der Waals surface area contributed by atoms with Crippen molar-refractivity contribution in [2.24, 2.45) is 0 Å². The fourth-order valence-corrected chi connectivity index (χ4v) is 1.42. The summed E-state index contributed by atoms with van der Waals surface area (Å²) in [6.45, 7) is 2.16. The van der Waals surface area contributed by atoms with Crippen LogP contribution >= 0.6 is 0 Å². The van der Waals surface area contributed by atoms with Crippen molar-refractivity contribution in [1.29, 1.82) is 0 Å². The number of hydrogen-bond donors (Lipinski definition) is 0. The Bertz CT molecular complexity index is 524. The molecule has 0 saturated heterocycles. The Morgan fingerprint density at radius 3 is 2.71 bits per heavy atom. The molecule has 0 aliphatic carbocycles. The summed E-state index contributed by atoms with van der Waals surface area (Å²) >= 11 is 0. The van der Waals surface area contributed by atoms with Crippen LogP contribution in [0, 0.1) is 10.1 Å². The molecule has 2 aromatic rings. The molecule has 0 unspecified atom stereocenters. The second kappa shape index (κ2) is 4.60. The molecule has 0 spiro atoms. The van der Waals surface area contributed by atoms with Crippen molar-refractivity contribution in [2.75, 3.05) is 6.61 Å². The number of nitro groups is 1. The Hall–Kier alpha value is -2.44. The van der Waals surface area contributed by atoms with E-state index in [0.29, 0.717) is 12.3 Å². The zero-order chi connectivity index (χ0) is 12.3. The van der Waals surface area contributed by atoms with E-state index < -0.39 is 4.92 Å². The first-order valence-corrected chi connectivity index (χ1v) is 4.98. The van der Waals surface area contributed by atoms with E-state index in [9.17, 15) is 10.1 Å². The quantitative estimate of drug-likeness (QED) is 0.592. The van der Waals surface area contributed by atoms with Gasteiger partial charge in [0.2, 0.25) is 0 Å². The maximum absolute atomic E-state index is 10.9. The average Bonchev–Trinajstić information content (AvgIpc) is 2.83. The summed E-state index contributed by atoms with van der Waals surface area (Å²) in [4.78, 5) is 10.4. The first-order chi connectivity index (χ1) is 8.22. The van der Waals surface area contributed by atoms with Gasteiger partial charge in [0, 0.05) is 6.07 Å². The second-order valence-corrected chi connectivity index (χ2v) is 3.21. The van der Waals surface area contributed by atoms with E-state index in [1.165, 1.54) is 18.7 Å². The average molecular weight is 234 g/mol. The molecule has 0 radical (unpaired) electrons. The second-order valence-electron chi connectivity index (χ2n) is 3.21. The third kappa shape index (κ3) is 2.22. The smallest absolute Gasteiger partial charge is 0.313 e. The van der Waals surface area contributed by atoms with Crippen LogP contribution in [0.4, 0.5) is 5.69 Å². The van der Waals surface area contributed by atoms with Crippen molar-refractivity contribution in [3.63, 3.8) is 0 Å². The Morgan fingerprint density at radius 2 is 2.12 bits per heavy atom. The highest BCUT2D eigenvalue weighted by atomic mass is 16.6. The normalized spacial score (nSPS) is 10.2. The number of ether oxygens (including phenoxy) is 1. The molecule has 0 aliphatic rings. The Morgan fingerprint density at radius 1 is 1.41 bits per heavy atom. The summed E-state index contributed by atoms with van der Waals surface area (Å²) in [5.74, 6) is 0.259. The van der Waals surface area contributed by atoms with E-state index in [0.717, 1.165) is 0 Å². The molecule has 7 nitrogen and oxygen atoms in total. The predicted molar refractivity (Wildman–Crippen MR) is 59.2 cm³/mol. The predicted octanol–water partition coefficient (Wildman–Crippen LogP) is 1.57. The number of hydrogen-bond acceptors (Lipinski definition) is 5. The van der Waals surface area contributed by atoms with Gasteiger partial charge < -0.3 is 4.74 Å². The first kappa shape index (κ1) is 11.1. The zero-order valence-corrected chi connectivity index (χ0v) is 9.11. The van der Waals surface area contributed by atoms with Crippen LogP contribution in [0.25, 0.3) is 5.69 Å². The fourth-order valence-electron chi connectivity index (χ4n) is 1.42. The molecule has 1 heterocycles. The highest BCUT2D eigenvalue weighted by molar-refractivity contribution is 5.53. The fraction of sp³-hybridized carbons (Fsp3) is 0.200. The lowest BCUT2D eigenvalue weighted by Crippen LogP contribution is -1.99. The Labute approximate surface area is 96.8 Å². The minimum Gasteiger partial charge on any atom is -0.487 e. The zero-order valence-electron chi connectivity index (χ0n) is 9.11. The van der Waals surface area contributed by atoms with Gasteiger partial charge in [-0.25, -0.2) is 0 Å². The van der Waals surface area contributed by atoms with Crippen molar-refractivity contribution in [3.05, 3.63) is 41.0 Å². The van der Waals surface area contributed by atoms with Crippen molar-refractivity contribution in [3.8, 4) is 11.4 Å². The van der Waals surface area contributed by atoms with Crippen LogP contribution in [0.2, 0.25) is 0 Å². The Kier molecular flexibility index (Phi) is 2.99. The monoisotopic (exact) mass is 234 g/mol. The van der Waals surface area contributed by atoms with E-state index in [1.54, 1.807) is 23.6 Å². The summed E-state index contributed by atoms with van der Waals surface area (Å²) in [5, 5.41) is 18.2. The lowest BCUT2D eigenvalue weighted by atomic mass is 10.2. The molecule has 0 atom stereocenters. The third-order valence-corrected chi connectivity index (χ3v) is 2.16. The van der Waals surface area contributed by atoms with E-state index in [4.69, 9.17) is 4.74 Å². The van der Waals surface area contributed by atoms with Gasteiger partial charge in [-0.2, -0.15) is 0 Å². The topological polar surface area (TPSA) is 83.1 Å². The molecule has 7 heteroatoms. The molecule has 0 fully saturated rings. The summed E-state index contributed by atoms with van der Waals surface area (Å²) < 4.78 is 6.77. The molecule has 0 saturated carbocycles. The summed E-state index contributed by atoms with van der Waals surface area (Å²) in [5.41, 5.74) is 0.545. The molecule has 1 aromatic carbocycles. The van der Waals surface area contributed by atoms with Crippen LogP contribution in [0.3, 0.4) is 0 Å². The van der Waals surface area contributed by atoms with Gasteiger partial charge in [0.25, 0.3) is 0 Å². The molecule has 0 amide bonds. The molecular weight excluding hydrogens is 224 g/mol. The molecular formula is C10H10N4O3. The largest absolute Gasteiger partial charge is 0.487 e. The van der Waals surface area contributed by atoms with Crippen molar-refractivity contribution in [2.45, 2.75) is 6.92 Å². The minimum absolute atomic E-state index is 0.0712. The lowest BCUT2D eigenvalue weighted by Gasteiger charge is -2.06. The van der Waals surface area contributed by atoms with Crippen LogP contribution in [0.5, 0.6) is 5.75 Å². The number of rotatable bonds is 4. The van der Waals surface area contributed by atoms with E-state index >= 15 is 0 Å². The highest BCUT2D eigenvalue weighted by Gasteiger charge is 2.16. The molecule has 1 aromatic heterocycles. The van der Waals surface area contributed by atoms with Gasteiger partial charge in [-0.15, -0.1) is 10.2 Å². The van der Waals surface area contributed by atoms with Gasteiger partial charge in [-0.05, 0) is 19.1 Å². The molecule has 2 rings (SSSR count).